The first-order chi connectivity index (χ1) is 10.4. The lowest BCUT2D eigenvalue weighted by Gasteiger charge is -2.05. The molecule has 0 saturated heterocycles. The van der Waals surface area contributed by atoms with Gasteiger partial charge in [0.25, 0.3) is 10.1 Å². The topological polar surface area (TPSA) is 54.4 Å². The average Bonchev–Trinajstić information content (AvgIpc) is 2.54. The Balaban J connectivity index is 0.000000460. The molecule has 0 spiro atoms. The molecule has 2 rings (SSSR count). The third-order valence-electron chi connectivity index (χ3n) is 2.84. The molecule has 0 aromatic heterocycles. The normalized spacial score (nSPS) is 9.61. The molecule has 1 N–H and O–H groups in total. The third kappa shape index (κ3) is 6.24. The Kier molecular flexibility index (Phi) is 8.88. The van der Waals surface area contributed by atoms with Crippen LogP contribution in [0.5, 0.6) is 0 Å². The van der Waals surface area contributed by atoms with E-state index in [1.807, 2.05) is 36.4 Å². The molecule has 0 radical (unpaired) electrons. The van der Waals surface area contributed by atoms with E-state index in [2.05, 4.69) is 19.7 Å². The van der Waals surface area contributed by atoms with Crippen LogP contribution < -0.4 is 0 Å². The van der Waals surface area contributed by atoms with Crippen molar-refractivity contribution in [2.75, 3.05) is 0 Å². The molecule has 2 aromatic rings. The van der Waals surface area contributed by atoms with Crippen LogP contribution in [0.15, 0.2) is 73.2 Å². The van der Waals surface area contributed by atoms with Crippen LogP contribution in [-0.4, -0.2) is 13.0 Å². The molecule has 0 heterocycles. The zero-order chi connectivity index (χ0) is 16.6. The molecule has 0 fully saturated rings. The largest absolute Gasteiger partial charge is 0.295 e. The minimum absolute atomic E-state index is 0. The number of benzene rings is 2. The summed E-state index contributed by atoms with van der Waals surface area (Å²) >= 11 is 0. The van der Waals surface area contributed by atoms with Gasteiger partial charge in [-0.25, -0.2) is 0 Å². The zero-order valence-corrected chi connectivity index (χ0v) is 14.2. The van der Waals surface area contributed by atoms with Crippen molar-refractivity contribution < 1.29 is 13.0 Å². The summed E-state index contributed by atoms with van der Waals surface area (Å²) in [5, 5.41) is 0. The molecule has 0 amide bonds. The van der Waals surface area contributed by atoms with Crippen molar-refractivity contribution in [2.24, 2.45) is 0 Å². The van der Waals surface area contributed by atoms with E-state index in [-0.39, 0.29) is 17.3 Å². The van der Waals surface area contributed by atoms with E-state index < -0.39 is 10.1 Å². The Hall–Kier alpha value is -2.14. The average molecular weight is 351 g/mol. The Morgan fingerprint density at radius 3 is 1.83 bits per heavy atom. The van der Waals surface area contributed by atoms with Crippen molar-refractivity contribution in [3.8, 4) is 0 Å². The van der Waals surface area contributed by atoms with Gasteiger partial charge in [-0.2, -0.15) is 8.42 Å². The predicted molar refractivity (Wildman–Crippen MR) is 100 cm³/mol. The van der Waals surface area contributed by atoms with E-state index in [1.54, 1.807) is 6.07 Å². The minimum atomic E-state index is -4.20. The summed E-state index contributed by atoms with van der Waals surface area (Å²) in [5.74, 6) is 0. The molecular weight excluding hydrogens is 332 g/mol. The predicted octanol–water partition coefficient (Wildman–Crippen LogP) is 4.97. The minimum Gasteiger partial charge on any atom is -0.282 e. The van der Waals surface area contributed by atoms with Gasteiger partial charge >= 0.3 is 0 Å². The van der Waals surface area contributed by atoms with Crippen molar-refractivity contribution >= 4 is 40.8 Å². The highest BCUT2D eigenvalue weighted by Gasteiger charge is 2.14. The molecule has 0 saturated carbocycles. The van der Waals surface area contributed by atoms with Crippen molar-refractivity contribution in [1.29, 1.82) is 0 Å². The molecule has 2 aromatic carbocycles. The van der Waals surface area contributed by atoms with Crippen LogP contribution >= 0.6 is 12.4 Å². The van der Waals surface area contributed by atoms with Gasteiger partial charge in [0, 0.05) is 5.56 Å². The van der Waals surface area contributed by atoms with E-state index in [0.717, 1.165) is 0 Å². The molecule has 0 bridgehead atoms. The van der Waals surface area contributed by atoms with Gasteiger partial charge in [0.15, 0.2) is 0 Å². The van der Waals surface area contributed by atoms with Gasteiger partial charge in [0.05, 0.1) is 0 Å². The van der Waals surface area contributed by atoms with Crippen molar-refractivity contribution in [1.82, 2.24) is 0 Å². The fourth-order valence-corrected chi connectivity index (χ4v) is 2.50. The van der Waals surface area contributed by atoms with E-state index >= 15 is 0 Å². The van der Waals surface area contributed by atoms with Crippen LogP contribution in [0, 0.1) is 0 Å². The molecule has 23 heavy (non-hydrogen) atoms. The van der Waals surface area contributed by atoms with Crippen LogP contribution in [0.2, 0.25) is 0 Å². The Labute approximate surface area is 143 Å². The van der Waals surface area contributed by atoms with Gasteiger partial charge in [0.1, 0.15) is 4.90 Å². The fourth-order valence-electron chi connectivity index (χ4n) is 1.77. The van der Waals surface area contributed by atoms with Crippen molar-refractivity contribution in [3.05, 3.63) is 85.0 Å². The maximum Gasteiger partial charge on any atom is 0.295 e. The second-order valence-electron chi connectivity index (χ2n) is 4.26. The summed E-state index contributed by atoms with van der Waals surface area (Å²) in [6.07, 6.45) is 4.71. The molecule has 0 aliphatic carbocycles. The molecule has 5 heteroatoms. The van der Waals surface area contributed by atoms with Gasteiger partial charge in [-0.3, -0.25) is 4.55 Å². The highest BCUT2D eigenvalue weighted by atomic mass is 35.5. The Morgan fingerprint density at radius 2 is 1.43 bits per heavy atom. The maximum atomic E-state index is 11.0. The molecule has 3 nitrogen and oxygen atoms in total. The van der Waals surface area contributed by atoms with Gasteiger partial charge in [-0.05, 0) is 17.2 Å². The monoisotopic (exact) mass is 350 g/mol. The summed E-state index contributed by atoms with van der Waals surface area (Å²) in [5.41, 5.74) is 2.16. The summed E-state index contributed by atoms with van der Waals surface area (Å²) in [6, 6.07) is 14.6. The van der Waals surface area contributed by atoms with Gasteiger partial charge in [0.2, 0.25) is 0 Å². The van der Waals surface area contributed by atoms with Gasteiger partial charge in [-0.15, -0.1) is 12.4 Å². The van der Waals surface area contributed by atoms with Gasteiger partial charge < -0.3 is 0 Å². The van der Waals surface area contributed by atoms with Crippen molar-refractivity contribution in [3.63, 3.8) is 0 Å². The number of hydrogen-bond donors (Lipinski definition) is 1. The van der Waals surface area contributed by atoms with Crippen molar-refractivity contribution in [2.45, 2.75) is 4.90 Å². The third-order valence-corrected chi connectivity index (χ3v) is 3.75. The van der Waals surface area contributed by atoms with Crippen LogP contribution in [-0.2, 0) is 10.1 Å². The molecule has 0 aliphatic heterocycles. The number of halogens is 1. The Morgan fingerprint density at radius 1 is 0.826 bits per heavy atom. The fraction of sp³-hybridized carbons (Fsp3) is 0. The lowest BCUT2D eigenvalue weighted by Crippen LogP contribution is -2.01. The zero-order valence-electron chi connectivity index (χ0n) is 12.6. The highest BCUT2D eigenvalue weighted by molar-refractivity contribution is 7.85. The SMILES string of the molecule is C=Cc1cccc(S(=O)(=O)O)c1C=C.C=Cc1ccccc1.Cl. The summed E-state index contributed by atoms with van der Waals surface area (Å²) in [4.78, 5) is -0.148. The summed E-state index contributed by atoms with van der Waals surface area (Å²) in [6.45, 7) is 10.7. The second kappa shape index (κ2) is 9.79. The van der Waals surface area contributed by atoms with E-state index in [1.165, 1.54) is 29.8 Å². The van der Waals surface area contributed by atoms with Crippen LogP contribution in [0.25, 0.3) is 18.2 Å². The standard InChI is InChI=1S/C10H10O3S.C8H8.ClH/c1-3-8-6-5-7-10(9(8)4-2)14(11,12)13;1-2-8-6-4-3-5-7-8;/h3-7H,1-2H2,(H,11,12,13);2-7H,1H2;1H. The first kappa shape index (κ1) is 20.9. The van der Waals surface area contributed by atoms with E-state index in [0.29, 0.717) is 11.1 Å². The molecule has 122 valence electrons. The maximum absolute atomic E-state index is 11.0. The smallest absolute Gasteiger partial charge is 0.282 e. The van der Waals surface area contributed by atoms with Crippen LogP contribution in [0.3, 0.4) is 0 Å². The van der Waals surface area contributed by atoms with Crippen LogP contribution in [0.1, 0.15) is 16.7 Å². The lowest BCUT2D eigenvalue weighted by molar-refractivity contribution is 0.483. The Bertz CT molecular complexity index is 766. The summed E-state index contributed by atoms with van der Waals surface area (Å²) in [7, 11) is -4.20. The quantitative estimate of drug-likeness (QED) is 0.792. The molecular formula is C18H19ClO3S. The molecule has 0 atom stereocenters. The first-order valence-electron chi connectivity index (χ1n) is 6.47. The molecule has 0 aliphatic rings. The summed E-state index contributed by atoms with van der Waals surface area (Å²) < 4.78 is 30.8. The van der Waals surface area contributed by atoms with E-state index in [4.69, 9.17) is 4.55 Å². The van der Waals surface area contributed by atoms with E-state index in [9.17, 15) is 8.42 Å². The first-order valence-corrected chi connectivity index (χ1v) is 7.91. The second-order valence-corrected chi connectivity index (χ2v) is 5.65. The number of rotatable bonds is 4. The highest BCUT2D eigenvalue weighted by Crippen LogP contribution is 2.21. The number of hydrogen-bond acceptors (Lipinski definition) is 2. The van der Waals surface area contributed by atoms with Gasteiger partial charge in [-0.1, -0.05) is 80.4 Å². The lowest BCUT2D eigenvalue weighted by atomic mass is 10.1. The molecule has 0 unspecified atom stereocenters. The van der Waals surface area contributed by atoms with Crippen LogP contribution in [0.4, 0.5) is 0 Å².